The van der Waals surface area contributed by atoms with Gasteiger partial charge in [0.1, 0.15) is 5.75 Å². The first-order valence-corrected chi connectivity index (χ1v) is 8.38. The number of hydrogen-bond donors (Lipinski definition) is 1. The average Bonchev–Trinajstić information content (AvgIpc) is 2.43. The molecule has 4 nitrogen and oxygen atoms in total. The second kappa shape index (κ2) is 6.18. The van der Waals surface area contributed by atoms with E-state index in [9.17, 15) is 8.42 Å². The highest BCUT2D eigenvalue weighted by molar-refractivity contribution is 7.90. The maximum absolute atomic E-state index is 12.5. The van der Waals surface area contributed by atoms with Gasteiger partial charge in [-0.3, -0.25) is 0 Å². The molecule has 0 bridgehead atoms. The van der Waals surface area contributed by atoms with Gasteiger partial charge in [-0.05, 0) is 31.5 Å². The number of nitrogens with two attached hydrogens (primary N) is 1. The van der Waals surface area contributed by atoms with E-state index >= 15 is 0 Å². The molecule has 0 aliphatic rings. The van der Waals surface area contributed by atoms with Gasteiger partial charge in [-0.15, -0.1) is 0 Å². The summed E-state index contributed by atoms with van der Waals surface area (Å²) < 4.78 is 30.4. The number of ether oxygens (including phenoxy) is 1. The molecule has 2 rings (SSSR count). The van der Waals surface area contributed by atoms with Crippen molar-refractivity contribution in [3.63, 3.8) is 0 Å². The van der Waals surface area contributed by atoms with Crippen LogP contribution in [0.5, 0.6) is 5.75 Å². The topological polar surface area (TPSA) is 69.4 Å². The largest absolute Gasteiger partial charge is 0.494 e. The van der Waals surface area contributed by atoms with Crippen molar-refractivity contribution in [1.29, 1.82) is 0 Å². The lowest BCUT2D eigenvalue weighted by Crippen LogP contribution is -2.08. The monoisotopic (exact) mass is 305 g/mol. The number of nitrogen functional groups attached to an aromatic ring is 1. The fourth-order valence-corrected chi connectivity index (χ4v) is 3.53. The Morgan fingerprint density at radius 3 is 2.38 bits per heavy atom. The van der Waals surface area contributed by atoms with E-state index in [1.54, 1.807) is 12.1 Å². The molecule has 2 aromatic rings. The van der Waals surface area contributed by atoms with E-state index in [1.807, 2.05) is 38.1 Å². The van der Waals surface area contributed by atoms with E-state index in [4.69, 9.17) is 10.5 Å². The molecule has 0 saturated carbocycles. The number of rotatable bonds is 5. The summed E-state index contributed by atoms with van der Waals surface area (Å²) in [5, 5.41) is 0. The Labute approximate surface area is 125 Å². The lowest BCUT2D eigenvalue weighted by Gasteiger charge is -2.10. The van der Waals surface area contributed by atoms with Gasteiger partial charge in [0, 0.05) is 6.07 Å². The second-order valence-corrected chi connectivity index (χ2v) is 6.84. The van der Waals surface area contributed by atoms with Gasteiger partial charge in [-0.1, -0.05) is 29.8 Å². The third kappa shape index (κ3) is 3.76. The van der Waals surface area contributed by atoms with E-state index in [0.717, 1.165) is 11.1 Å². The predicted molar refractivity (Wildman–Crippen MR) is 84.1 cm³/mol. The van der Waals surface area contributed by atoms with Crippen LogP contribution in [0.3, 0.4) is 0 Å². The van der Waals surface area contributed by atoms with E-state index in [1.165, 1.54) is 6.07 Å². The third-order valence-corrected chi connectivity index (χ3v) is 4.85. The van der Waals surface area contributed by atoms with E-state index in [2.05, 4.69) is 0 Å². The van der Waals surface area contributed by atoms with Crippen molar-refractivity contribution in [3.8, 4) is 5.75 Å². The van der Waals surface area contributed by atoms with Crippen LogP contribution in [0.15, 0.2) is 47.4 Å². The molecule has 2 N–H and O–H groups in total. The van der Waals surface area contributed by atoms with Crippen LogP contribution in [0, 0.1) is 6.92 Å². The van der Waals surface area contributed by atoms with Crippen LogP contribution in [0.4, 0.5) is 5.69 Å². The molecule has 0 saturated heterocycles. The smallest absolute Gasteiger partial charge is 0.184 e. The number of benzene rings is 2. The zero-order chi connectivity index (χ0) is 15.5. The van der Waals surface area contributed by atoms with Crippen LogP contribution in [-0.2, 0) is 15.6 Å². The molecule has 21 heavy (non-hydrogen) atoms. The molecule has 0 heterocycles. The maximum Gasteiger partial charge on any atom is 0.184 e. The summed E-state index contributed by atoms with van der Waals surface area (Å²) in [6.45, 7) is 4.28. The van der Waals surface area contributed by atoms with Gasteiger partial charge < -0.3 is 10.5 Å². The molecule has 0 spiro atoms. The maximum atomic E-state index is 12.5. The first-order valence-electron chi connectivity index (χ1n) is 6.73. The van der Waals surface area contributed by atoms with Gasteiger partial charge in [0.05, 0.1) is 22.9 Å². The van der Waals surface area contributed by atoms with Crippen LogP contribution >= 0.6 is 0 Å². The Morgan fingerprint density at radius 1 is 1.10 bits per heavy atom. The highest BCUT2D eigenvalue weighted by Crippen LogP contribution is 2.27. The third-order valence-electron chi connectivity index (χ3n) is 3.11. The predicted octanol–water partition coefficient (Wildman–Crippen LogP) is 2.95. The van der Waals surface area contributed by atoms with Crippen molar-refractivity contribution in [2.75, 3.05) is 12.3 Å². The summed E-state index contributed by atoms with van der Waals surface area (Å²) in [5.41, 5.74) is 7.89. The molecule has 112 valence electrons. The van der Waals surface area contributed by atoms with Crippen LogP contribution in [0.25, 0.3) is 0 Å². The van der Waals surface area contributed by atoms with Crippen LogP contribution in [-0.4, -0.2) is 15.0 Å². The van der Waals surface area contributed by atoms with E-state index in [0.29, 0.717) is 12.4 Å². The molecule has 0 aliphatic carbocycles. The normalized spacial score (nSPS) is 11.3. The summed E-state index contributed by atoms with van der Waals surface area (Å²) in [7, 11) is -3.50. The Hall–Kier alpha value is -2.01. The molecule has 0 aromatic heterocycles. The first kappa shape index (κ1) is 15.4. The standard InChI is InChI=1S/C16H19NO3S/c1-3-20-14-8-9-15(17)16(10-14)21(18,19)11-13-6-4-12(2)5-7-13/h4-10H,3,11,17H2,1-2H3. The summed E-state index contributed by atoms with van der Waals surface area (Å²) in [4.78, 5) is 0.119. The number of aryl methyl sites for hydroxylation is 1. The second-order valence-electron chi connectivity index (χ2n) is 4.88. The van der Waals surface area contributed by atoms with Crippen molar-refractivity contribution in [2.24, 2.45) is 0 Å². The summed E-state index contributed by atoms with van der Waals surface area (Å²) in [6.07, 6.45) is 0. The lowest BCUT2D eigenvalue weighted by atomic mass is 10.2. The molecule has 2 aromatic carbocycles. The molecule has 0 atom stereocenters. The van der Waals surface area contributed by atoms with Gasteiger partial charge in [-0.2, -0.15) is 0 Å². The molecule has 0 fully saturated rings. The van der Waals surface area contributed by atoms with Crippen LogP contribution < -0.4 is 10.5 Å². The van der Waals surface area contributed by atoms with Crippen molar-refractivity contribution in [1.82, 2.24) is 0 Å². The van der Waals surface area contributed by atoms with Gasteiger partial charge in [0.2, 0.25) is 0 Å². The summed E-state index contributed by atoms with van der Waals surface area (Å²) >= 11 is 0. The number of sulfone groups is 1. The molecule has 0 unspecified atom stereocenters. The van der Waals surface area contributed by atoms with Crippen molar-refractivity contribution >= 4 is 15.5 Å². The minimum Gasteiger partial charge on any atom is -0.494 e. The van der Waals surface area contributed by atoms with Crippen molar-refractivity contribution in [3.05, 3.63) is 53.6 Å². The zero-order valence-corrected chi connectivity index (χ0v) is 13.0. The Morgan fingerprint density at radius 2 is 1.76 bits per heavy atom. The quantitative estimate of drug-likeness (QED) is 0.862. The minimum atomic E-state index is -3.50. The van der Waals surface area contributed by atoms with E-state index in [-0.39, 0.29) is 16.3 Å². The highest BCUT2D eigenvalue weighted by Gasteiger charge is 2.19. The first-order chi connectivity index (χ1) is 9.92. The summed E-state index contributed by atoms with van der Waals surface area (Å²) in [6, 6.07) is 12.1. The summed E-state index contributed by atoms with van der Waals surface area (Å²) in [5.74, 6) is 0.432. The molecule has 0 radical (unpaired) electrons. The van der Waals surface area contributed by atoms with Gasteiger partial charge in [0.25, 0.3) is 0 Å². The lowest BCUT2D eigenvalue weighted by molar-refractivity contribution is 0.339. The minimum absolute atomic E-state index is 0.0763. The fourth-order valence-electron chi connectivity index (χ4n) is 2.02. The molecule has 0 aliphatic heterocycles. The number of anilines is 1. The Bertz CT molecular complexity index is 722. The Kier molecular flexibility index (Phi) is 4.53. The van der Waals surface area contributed by atoms with Crippen molar-refractivity contribution in [2.45, 2.75) is 24.5 Å². The van der Waals surface area contributed by atoms with Gasteiger partial charge >= 0.3 is 0 Å². The van der Waals surface area contributed by atoms with Crippen molar-refractivity contribution < 1.29 is 13.2 Å². The molecular formula is C16H19NO3S. The molecule has 5 heteroatoms. The SMILES string of the molecule is CCOc1ccc(N)c(S(=O)(=O)Cc2ccc(C)cc2)c1. The molecule has 0 amide bonds. The average molecular weight is 305 g/mol. The van der Waals surface area contributed by atoms with Crippen LogP contribution in [0.2, 0.25) is 0 Å². The van der Waals surface area contributed by atoms with Crippen LogP contribution in [0.1, 0.15) is 18.1 Å². The Balaban J connectivity index is 2.34. The van der Waals surface area contributed by atoms with Gasteiger partial charge in [0.15, 0.2) is 9.84 Å². The number of hydrogen-bond acceptors (Lipinski definition) is 4. The fraction of sp³-hybridized carbons (Fsp3) is 0.250. The van der Waals surface area contributed by atoms with Gasteiger partial charge in [-0.25, -0.2) is 8.42 Å². The zero-order valence-electron chi connectivity index (χ0n) is 12.2. The molecular weight excluding hydrogens is 286 g/mol. The highest BCUT2D eigenvalue weighted by atomic mass is 32.2. The van der Waals surface area contributed by atoms with E-state index < -0.39 is 9.84 Å².